The third kappa shape index (κ3) is 2.75. The summed E-state index contributed by atoms with van der Waals surface area (Å²) in [5.74, 6) is -0.813. The second kappa shape index (κ2) is 4.61. The van der Waals surface area contributed by atoms with Crippen molar-refractivity contribution in [2.75, 3.05) is 6.61 Å². The van der Waals surface area contributed by atoms with Crippen molar-refractivity contribution >= 4 is 17.4 Å². The molecule has 2 rings (SSSR count). The fourth-order valence-electron chi connectivity index (χ4n) is 1.97. The molecule has 1 aromatic rings. The van der Waals surface area contributed by atoms with Crippen LogP contribution in [0.1, 0.15) is 24.3 Å². The van der Waals surface area contributed by atoms with E-state index in [1.807, 2.05) is 0 Å². The molecule has 1 heterocycles. The Morgan fingerprint density at radius 1 is 1.47 bits per heavy atom. The molecule has 2 nitrogen and oxygen atoms in total. The van der Waals surface area contributed by atoms with Crippen LogP contribution in [0, 0.1) is 0 Å². The van der Waals surface area contributed by atoms with Crippen molar-refractivity contribution in [1.29, 1.82) is 0 Å². The van der Waals surface area contributed by atoms with Crippen molar-refractivity contribution in [2.24, 2.45) is 0 Å². The van der Waals surface area contributed by atoms with E-state index in [-0.39, 0.29) is 12.3 Å². The SMILES string of the molecule is O=C(CC1CCOc2ccccc21)C(F)(F)Cl. The topological polar surface area (TPSA) is 26.3 Å². The molecule has 92 valence electrons. The van der Waals surface area contributed by atoms with E-state index in [1.54, 1.807) is 24.3 Å². The lowest BCUT2D eigenvalue weighted by atomic mass is 9.89. The number of para-hydroxylation sites is 1. The van der Waals surface area contributed by atoms with Gasteiger partial charge in [-0.25, -0.2) is 0 Å². The minimum Gasteiger partial charge on any atom is -0.493 e. The summed E-state index contributed by atoms with van der Waals surface area (Å²) in [6, 6.07) is 7.16. The Bertz CT molecular complexity index is 429. The summed E-state index contributed by atoms with van der Waals surface area (Å²) in [6.45, 7) is 0.433. The van der Waals surface area contributed by atoms with Crippen molar-refractivity contribution in [3.05, 3.63) is 29.8 Å². The maximum atomic E-state index is 12.6. The Hall–Kier alpha value is -1.16. The molecule has 1 atom stereocenters. The molecule has 5 heteroatoms. The Kier molecular flexibility index (Phi) is 3.33. The molecule has 0 bridgehead atoms. The maximum absolute atomic E-state index is 12.6. The first kappa shape index (κ1) is 12.3. The number of carbonyl (C=O) groups excluding carboxylic acids is 1. The summed E-state index contributed by atoms with van der Waals surface area (Å²) in [6.07, 6.45) is 0.298. The minimum atomic E-state index is -3.77. The molecule has 0 spiro atoms. The Balaban J connectivity index is 2.17. The monoisotopic (exact) mass is 260 g/mol. The number of benzene rings is 1. The third-order valence-corrected chi connectivity index (χ3v) is 3.04. The summed E-state index contributed by atoms with van der Waals surface area (Å²) < 4.78 is 30.7. The zero-order valence-corrected chi connectivity index (χ0v) is 9.71. The highest BCUT2D eigenvalue weighted by Crippen LogP contribution is 2.37. The van der Waals surface area contributed by atoms with Gasteiger partial charge in [0.2, 0.25) is 5.78 Å². The number of hydrogen-bond donors (Lipinski definition) is 0. The van der Waals surface area contributed by atoms with E-state index in [0.717, 1.165) is 5.56 Å². The zero-order valence-electron chi connectivity index (χ0n) is 8.96. The van der Waals surface area contributed by atoms with Crippen molar-refractivity contribution in [1.82, 2.24) is 0 Å². The molecule has 0 aliphatic carbocycles. The first-order valence-corrected chi connectivity index (χ1v) is 5.68. The Labute approximate surface area is 103 Å². The summed E-state index contributed by atoms with van der Waals surface area (Å²) in [5, 5.41) is -3.77. The fraction of sp³-hybridized carbons (Fsp3) is 0.417. The van der Waals surface area contributed by atoms with Gasteiger partial charge < -0.3 is 4.74 Å². The number of ether oxygens (including phenoxy) is 1. The molecule has 1 aromatic carbocycles. The second-order valence-electron chi connectivity index (χ2n) is 4.00. The molecule has 0 radical (unpaired) electrons. The number of rotatable bonds is 3. The van der Waals surface area contributed by atoms with Gasteiger partial charge in [-0.15, -0.1) is 0 Å². The third-order valence-electron chi connectivity index (χ3n) is 2.83. The molecule has 0 N–H and O–H groups in total. The molecule has 0 amide bonds. The molecule has 1 aliphatic heterocycles. The van der Waals surface area contributed by atoms with Gasteiger partial charge >= 0.3 is 5.38 Å². The van der Waals surface area contributed by atoms with Gasteiger partial charge in [0, 0.05) is 6.42 Å². The summed E-state index contributed by atoms with van der Waals surface area (Å²) >= 11 is 4.72. The van der Waals surface area contributed by atoms with E-state index < -0.39 is 11.2 Å². The first-order chi connectivity index (χ1) is 7.98. The van der Waals surface area contributed by atoms with Crippen LogP contribution in [0.3, 0.4) is 0 Å². The number of Topliss-reactive ketones (excluding diaryl/α,β-unsaturated/α-hetero) is 1. The van der Waals surface area contributed by atoms with Crippen molar-refractivity contribution in [3.8, 4) is 5.75 Å². The van der Waals surface area contributed by atoms with Gasteiger partial charge in [-0.3, -0.25) is 4.79 Å². The van der Waals surface area contributed by atoms with Gasteiger partial charge in [0.25, 0.3) is 0 Å². The number of halogens is 3. The van der Waals surface area contributed by atoms with Crippen molar-refractivity contribution in [2.45, 2.75) is 24.1 Å². The lowest BCUT2D eigenvalue weighted by molar-refractivity contribution is -0.133. The van der Waals surface area contributed by atoms with Crippen LogP contribution in [0.2, 0.25) is 0 Å². The highest BCUT2D eigenvalue weighted by atomic mass is 35.5. The van der Waals surface area contributed by atoms with E-state index in [9.17, 15) is 13.6 Å². The molecule has 0 saturated heterocycles. The predicted octanol–water partition coefficient (Wildman–Crippen LogP) is 3.34. The molecule has 1 unspecified atom stereocenters. The number of hydrogen-bond acceptors (Lipinski definition) is 2. The average Bonchev–Trinajstić information content (AvgIpc) is 2.28. The maximum Gasteiger partial charge on any atom is 0.380 e. The van der Waals surface area contributed by atoms with E-state index in [0.29, 0.717) is 18.8 Å². The molecule has 0 fully saturated rings. The van der Waals surface area contributed by atoms with Gasteiger partial charge in [-0.2, -0.15) is 8.78 Å². The molecule has 0 aromatic heterocycles. The second-order valence-corrected chi connectivity index (χ2v) is 4.47. The lowest BCUT2D eigenvalue weighted by Crippen LogP contribution is -2.25. The van der Waals surface area contributed by atoms with E-state index in [2.05, 4.69) is 0 Å². The van der Waals surface area contributed by atoms with E-state index in [4.69, 9.17) is 16.3 Å². The number of alkyl halides is 3. The normalized spacial score (nSPS) is 19.4. The van der Waals surface area contributed by atoms with Crippen LogP contribution < -0.4 is 4.74 Å². The van der Waals surface area contributed by atoms with Gasteiger partial charge in [-0.05, 0) is 35.6 Å². The zero-order chi connectivity index (χ0) is 12.5. The lowest BCUT2D eigenvalue weighted by Gasteiger charge is -2.25. The standard InChI is InChI=1S/C12H11ClF2O2/c13-12(14,15)11(16)7-8-5-6-17-10-4-2-1-3-9(8)10/h1-4,8H,5-7H2. The van der Waals surface area contributed by atoms with Crippen molar-refractivity contribution in [3.63, 3.8) is 0 Å². The highest BCUT2D eigenvalue weighted by Gasteiger charge is 2.37. The van der Waals surface area contributed by atoms with E-state index >= 15 is 0 Å². The average molecular weight is 261 g/mol. The molecular weight excluding hydrogens is 250 g/mol. The van der Waals surface area contributed by atoms with Gasteiger partial charge in [-0.1, -0.05) is 18.2 Å². The van der Waals surface area contributed by atoms with Crippen LogP contribution in [0.15, 0.2) is 24.3 Å². The van der Waals surface area contributed by atoms with Crippen LogP contribution >= 0.6 is 11.6 Å². The molecule has 0 saturated carbocycles. The summed E-state index contributed by atoms with van der Waals surface area (Å²) in [5.41, 5.74) is 0.799. The quantitative estimate of drug-likeness (QED) is 0.779. The van der Waals surface area contributed by atoms with Crippen LogP contribution in [-0.4, -0.2) is 17.8 Å². The molecular formula is C12H11ClF2O2. The van der Waals surface area contributed by atoms with Crippen LogP contribution in [-0.2, 0) is 4.79 Å². The first-order valence-electron chi connectivity index (χ1n) is 5.30. The molecule has 17 heavy (non-hydrogen) atoms. The van der Waals surface area contributed by atoms with Crippen LogP contribution in [0.25, 0.3) is 0 Å². The Morgan fingerprint density at radius 3 is 2.88 bits per heavy atom. The predicted molar refractivity (Wildman–Crippen MR) is 59.7 cm³/mol. The minimum absolute atomic E-state index is 0.239. The Morgan fingerprint density at radius 2 is 2.18 bits per heavy atom. The number of fused-ring (bicyclic) bond motifs is 1. The summed E-state index contributed by atoms with van der Waals surface area (Å²) in [4.78, 5) is 11.2. The van der Waals surface area contributed by atoms with Gasteiger partial charge in [0.05, 0.1) is 6.61 Å². The number of carbonyl (C=O) groups is 1. The highest BCUT2D eigenvalue weighted by molar-refractivity contribution is 6.32. The smallest absolute Gasteiger partial charge is 0.380 e. The van der Waals surface area contributed by atoms with Gasteiger partial charge in [0.1, 0.15) is 5.75 Å². The molecule has 1 aliphatic rings. The van der Waals surface area contributed by atoms with Crippen LogP contribution in [0.4, 0.5) is 8.78 Å². The number of ketones is 1. The summed E-state index contributed by atoms with van der Waals surface area (Å²) in [7, 11) is 0. The van der Waals surface area contributed by atoms with Gasteiger partial charge in [0.15, 0.2) is 0 Å². The largest absolute Gasteiger partial charge is 0.493 e. The fourth-order valence-corrected chi connectivity index (χ4v) is 2.04. The van der Waals surface area contributed by atoms with E-state index in [1.165, 1.54) is 0 Å². The van der Waals surface area contributed by atoms with Crippen molar-refractivity contribution < 1.29 is 18.3 Å². The van der Waals surface area contributed by atoms with Crippen LogP contribution in [0.5, 0.6) is 5.75 Å².